The molecule has 2 aromatic rings. The Morgan fingerprint density at radius 1 is 1.11 bits per heavy atom. The summed E-state index contributed by atoms with van der Waals surface area (Å²) in [5, 5.41) is 11.3. The third kappa shape index (κ3) is 3.14. The topological polar surface area (TPSA) is 20.2 Å². The van der Waals surface area contributed by atoms with Crippen LogP contribution >= 0.6 is 22.9 Å². The van der Waals surface area contributed by atoms with E-state index in [0.29, 0.717) is 11.4 Å². The second-order valence-corrected chi connectivity index (χ2v) is 6.37. The van der Waals surface area contributed by atoms with Gasteiger partial charge in [0.1, 0.15) is 0 Å². The fourth-order valence-electron chi connectivity index (χ4n) is 1.96. The standard InChI is InChI=1S/C15H17ClOS/c1-3-13-8-9-14(18-13)10-15(2,17)11-4-6-12(16)7-5-11/h4-9,17H,3,10H2,1-2H3. The lowest BCUT2D eigenvalue weighted by Crippen LogP contribution is -2.23. The molecule has 0 aliphatic carbocycles. The summed E-state index contributed by atoms with van der Waals surface area (Å²) in [5.74, 6) is 0. The smallest absolute Gasteiger partial charge is 0.0916 e. The van der Waals surface area contributed by atoms with Gasteiger partial charge in [-0.1, -0.05) is 30.7 Å². The van der Waals surface area contributed by atoms with Crippen molar-refractivity contribution in [2.45, 2.75) is 32.3 Å². The van der Waals surface area contributed by atoms with Gasteiger partial charge in [-0.05, 0) is 43.2 Å². The fraction of sp³-hybridized carbons (Fsp3) is 0.333. The van der Waals surface area contributed by atoms with Gasteiger partial charge in [-0.25, -0.2) is 0 Å². The number of thiophene rings is 1. The molecule has 0 aliphatic heterocycles. The van der Waals surface area contributed by atoms with Crippen molar-refractivity contribution < 1.29 is 5.11 Å². The predicted octanol–water partition coefficient (Wildman–Crippen LogP) is 4.41. The zero-order chi connectivity index (χ0) is 13.2. The monoisotopic (exact) mass is 280 g/mol. The average Bonchev–Trinajstić information content (AvgIpc) is 2.76. The average molecular weight is 281 g/mol. The summed E-state index contributed by atoms with van der Waals surface area (Å²) < 4.78 is 0. The molecule has 0 radical (unpaired) electrons. The quantitative estimate of drug-likeness (QED) is 0.879. The third-order valence-corrected chi connectivity index (χ3v) is 4.53. The molecule has 1 atom stereocenters. The van der Waals surface area contributed by atoms with Gasteiger partial charge in [0.05, 0.1) is 5.60 Å². The minimum Gasteiger partial charge on any atom is -0.385 e. The van der Waals surface area contributed by atoms with Crippen molar-refractivity contribution in [3.63, 3.8) is 0 Å². The van der Waals surface area contributed by atoms with E-state index in [1.165, 1.54) is 9.75 Å². The Kier molecular flexibility index (Phi) is 4.10. The Bertz CT molecular complexity index is 514. The second kappa shape index (κ2) is 5.43. The van der Waals surface area contributed by atoms with Crippen LogP contribution in [-0.4, -0.2) is 5.11 Å². The van der Waals surface area contributed by atoms with Gasteiger partial charge in [-0.2, -0.15) is 0 Å². The molecule has 0 spiro atoms. The van der Waals surface area contributed by atoms with Crippen LogP contribution in [0, 0.1) is 0 Å². The Labute approximate surface area is 117 Å². The number of benzene rings is 1. The lowest BCUT2D eigenvalue weighted by molar-refractivity contribution is 0.0585. The minimum atomic E-state index is -0.847. The minimum absolute atomic E-state index is 0.638. The van der Waals surface area contributed by atoms with Crippen LogP contribution < -0.4 is 0 Å². The lowest BCUT2D eigenvalue weighted by Gasteiger charge is -2.23. The fourth-order valence-corrected chi connectivity index (χ4v) is 3.19. The summed E-state index contributed by atoms with van der Waals surface area (Å²) in [4.78, 5) is 2.57. The number of aliphatic hydroxyl groups is 1. The highest BCUT2D eigenvalue weighted by Gasteiger charge is 2.24. The highest BCUT2D eigenvalue weighted by atomic mass is 35.5. The first-order valence-electron chi connectivity index (χ1n) is 6.07. The molecule has 0 aliphatic rings. The van der Waals surface area contributed by atoms with Gasteiger partial charge in [-0.3, -0.25) is 0 Å². The number of aryl methyl sites for hydroxylation is 1. The maximum atomic E-state index is 10.6. The molecule has 1 N–H and O–H groups in total. The molecule has 0 saturated heterocycles. The van der Waals surface area contributed by atoms with Gasteiger partial charge >= 0.3 is 0 Å². The molecule has 0 fully saturated rings. The van der Waals surface area contributed by atoms with Crippen molar-refractivity contribution in [2.75, 3.05) is 0 Å². The van der Waals surface area contributed by atoms with Crippen LogP contribution in [0.15, 0.2) is 36.4 Å². The van der Waals surface area contributed by atoms with E-state index in [2.05, 4.69) is 19.1 Å². The van der Waals surface area contributed by atoms with Crippen molar-refractivity contribution in [3.8, 4) is 0 Å². The van der Waals surface area contributed by atoms with Gasteiger partial charge in [0.15, 0.2) is 0 Å². The maximum absolute atomic E-state index is 10.6. The molecular weight excluding hydrogens is 264 g/mol. The van der Waals surface area contributed by atoms with Crippen molar-refractivity contribution >= 4 is 22.9 Å². The van der Waals surface area contributed by atoms with E-state index in [1.54, 1.807) is 11.3 Å². The Morgan fingerprint density at radius 2 is 1.72 bits per heavy atom. The van der Waals surface area contributed by atoms with Crippen molar-refractivity contribution in [1.29, 1.82) is 0 Å². The zero-order valence-corrected chi connectivity index (χ0v) is 12.2. The predicted molar refractivity (Wildman–Crippen MR) is 78.4 cm³/mol. The molecular formula is C15H17ClOS. The van der Waals surface area contributed by atoms with E-state index in [-0.39, 0.29) is 0 Å². The van der Waals surface area contributed by atoms with Crippen LogP contribution in [0.4, 0.5) is 0 Å². The molecule has 1 aromatic heterocycles. The van der Waals surface area contributed by atoms with Gasteiger partial charge < -0.3 is 5.11 Å². The Balaban J connectivity index is 2.18. The van der Waals surface area contributed by atoms with Crippen molar-refractivity contribution in [1.82, 2.24) is 0 Å². The molecule has 1 nitrogen and oxygen atoms in total. The van der Waals surface area contributed by atoms with Crippen LogP contribution in [0.25, 0.3) is 0 Å². The molecule has 0 bridgehead atoms. The third-order valence-electron chi connectivity index (χ3n) is 3.05. The first-order chi connectivity index (χ1) is 8.51. The Morgan fingerprint density at radius 3 is 2.28 bits per heavy atom. The van der Waals surface area contributed by atoms with Crippen LogP contribution in [0.2, 0.25) is 5.02 Å². The molecule has 1 unspecified atom stereocenters. The number of hydrogen-bond donors (Lipinski definition) is 1. The van der Waals surface area contributed by atoms with Gasteiger partial charge in [0, 0.05) is 21.2 Å². The summed E-state index contributed by atoms with van der Waals surface area (Å²) in [6.45, 7) is 3.99. The molecule has 1 heterocycles. The number of halogens is 1. The summed E-state index contributed by atoms with van der Waals surface area (Å²) in [6.07, 6.45) is 1.69. The van der Waals surface area contributed by atoms with E-state index in [9.17, 15) is 5.11 Å². The number of rotatable bonds is 4. The van der Waals surface area contributed by atoms with E-state index in [4.69, 9.17) is 11.6 Å². The normalized spacial score (nSPS) is 14.4. The van der Waals surface area contributed by atoms with E-state index in [1.807, 2.05) is 31.2 Å². The highest BCUT2D eigenvalue weighted by Crippen LogP contribution is 2.29. The van der Waals surface area contributed by atoms with Gasteiger partial charge in [-0.15, -0.1) is 11.3 Å². The summed E-state index contributed by atoms with van der Waals surface area (Å²) in [5.41, 5.74) is 0.0545. The van der Waals surface area contributed by atoms with Gasteiger partial charge in [0.25, 0.3) is 0 Å². The van der Waals surface area contributed by atoms with Crippen molar-refractivity contribution in [3.05, 3.63) is 56.7 Å². The van der Waals surface area contributed by atoms with E-state index < -0.39 is 5.60 Å². The van der Waals surface area contributed by atoms with E-state index in [0.717, 1.165) is 12.0 Å². The summed E-state index contributed by atoms with van der Waals surface area (Å²) in [7, 11) is 0. The Hall–Kier alpha value is -0.830. The van der Waals surface area contributed by atoms with Crippen LogP contribution in [0.3, 0.4) is 0 Å². The maximum Gasteiger partial charge on any atom is 0.0916 e. The highest BCUT2D eigenvalue weighted by molar-refractivity contribution is 7.12. The molecule has 0 saturated carbocycles. The SMILES string of the molecule is CCc1ccc(CC(C)(O)c2ccc(Cl)cc2)s1. The number of hydrogen-bond acceptors (Lipinski definition) is 2. The molecule has 2 rings (SSSR count). The van der Waals surface area contributed by atoms with Gasteiger partial charge in [0.2, 0.25) is 0 Å². The van der Waals surface area contributed by atoms with E-state index >= 15 is 0 Å². The molecule has 3 heteroatoms. The largest absolute Gasteiger partial charge is 0.385 e. The van der Waals surface area contributed by atoms with Crippen molar-refractivity contribution in [2.24, 2.45) is 0 Å². The lowest BCUT2D eigenvalue weighted by atomic mass is 9.92. The van der Waals surface area contributed by atoms with Crippen LogP contribution in [0.1, 0.15) is 29.2 Å². The van der Waals surface area contributed by atoms with Crippen LogP contribution in [-0.2, 0) is 18.4 Å². The zero-order valence-electron chi connectivity index (χ0n) is 10.6. The molecule has 1 aromatic carbocycles. The second-order valence-electron chi connectivity index (χ2n) is 4.68. The molecule has 0 amide bonds. The summed E-state index contributed by atoms with van der Waals surface area (Å²) in [6, 6.07) is 11.6. The molecule has 96 valence electrons. The summed E-state index contributed by atoms with van der Waals surface area (Å²) >= 11 is 7.64. The molecule has 18 heavy (non-hydrogen) atoms. The first kappa shape index (κ1) is 13.6. The first-order valence-corrected chi connectivity index (χ1v) is 7.27. The van der Waals surface area contributed by atoms with Crippen LogP contribution in [0.5, 0.6) is 0 Å².